The summed E-state index contributed by atoms with van der Waals surface area (Å²) in [6, 6.07) is 22.0. The van der Waals surface area contributed by atoms with E-state index in [4.69, 9.17) is 0 Å². The first-order chi connectivity index (χ1) is 10.7. The molecule has 2 aromatic carbocycles. The van der Waals surface area contributed by atoms with Crippen LogP contribution < -0.4 is 0 Å². The lowest BCUT2D eigenvalue weighted by Gasteiger charge is -2.02. The largest absolute Gasteiger partial charge is 0.289 e. The Hall–Kier alpha value is -2.45. The topological polar surface area (TPSA) is 17.1 Å². The highest BCUT2D eigenvalue weighted by molar-refractivity contribution is 7.12. The standard InChI is InChI=1S/C20H16OS/c1-15-7-12-19(22-15)13-14-20(21)18-10-8-17(9-11-18)16-5-3-2-4-6-16/h2-14H,1H3/b14-13+. The molecule has 1 nitrogen and oxygen atoms in total. The maximum atomic E-state index is 12.2. The molecule has 0 saturated carbocycles. The van der Waals surface area contributed by atoms with Crippen molar-refractivity contribution in [2.75, 3.05) is 0 Å². The minimum atomic E-state index is 0.0330. The molecular formula is C20H16OS. The van der Waals surface area contributed by atoms with Gasteiger partial charge in [0.1, 0.15) is 0 Å². The third-order valence-electron chi connectivity index (χ3n) is 3.44. The highest BCUT2D eigenvalue weighted by atomic mass is 32.1. The zero-order valence-corrected chi connectivity index (χ0v) is 13.1. The van der Waals surface area contributed by atoms with Gasteiger partial charge in [0.25, 0.3) is 0 Å². The van der Waals surface area contributed by atoms with Crippen molar-refractivity contribution >= 4 is 23.2 Å². The van der Waals surface area contributed by atoms with Crippen LogP contribution in [0.25, 0.3) is 17.2 Å². The van der Waals surface area contributed by atoms with E-state index in [-0.39, 0.29) is 5.78 Å². The van der Waals surface area contributed by atoms with Crippen molar-refractivity contribution in [3.8, 4) is 11.1 Å². The second-order valence-corrected chi connectivity index (χ2v) is 6.41. The summed E-state index contributed by atoms with van der Waals surface area (Å²) in [5.41, 5.74) is 2.99. The Morgan fingerprint density at radius 2 is 1.55 bits per heavy atom. The van der Waals surface area contributed by atoms with Crippen LogP contribution in [0.3, 0.4) is 0 Å². The molecule has 0 aliphatic rings. The number of rotatable bonds is 4. The number of benzene rings is 2. The molecular weight excluding hydrogens is 288 g/mol. The van der Waals surface area contributed by atoms with Crippen LogP contribution in [0.15, 0.2) is 72.8 Å². The van der Waals surface area contributed by atoms with E-state index in [1.165, 1.54) is 4.88 Å². The van der Waals surface area contributed by atoms with Crippen molar-refractivity contribution in [3.05, 3.63) is 88.1 Å². The zero-order chi connectivity index (χ0) is 15.4. The van der Waals surface area contributed by atoms with Crippen molar-refractivity contribution < 1.29 is 4.79 Å². The second-order valence-electron chi connectivity index (χ2n) is 5.09. The van der Waals surface area contributed by atoms with E-state index in [0.29, 0.717) is 5.56 Å². The summed E-state index contributed by atoms with van der Waals surface area (Å²) in [7, 11) is 0. The first-order valence-electron chi connectivity index (χ1n) is 7.17. The number of hydrogen-bond donors (Lipinski definition) is 0. The Kier molecular flexibility index (Phi) is 4.31. The van der Waals surface area contributed by atoms with Crippen LogP contribution >= 0.6 is 11.3 Å². The minimum Gasteiger partial charge on any atom is -0.289 e. The quantitative estimate of drug-likeness (QED) is 0.451. The third kappa shape index (κ3) is 3.41. The van der Waals surface area contributed by atoms with Crippen molar-refractivity contribution in [2.24, 2.45) is 0 Å². The van der Waals surface area contributed by atoms with Gasteiger partial charge in [0.2, 0.25) is 0 Å². The summed E-state index contributed by atoms with van der Waals surface area (Å²) in [5, 5.41) is 0. The molecule has 0 N–H and O–H groups in total. The maximum absolute atomic E-state index is 12.2. The van der Waals surface area contributed by atoms with Crippen LogP contribution in [0.5, 0.6) is 0 Å². The van der Waals surface area contributed by atoms with Gasteiger partial charge in [0, 0.05) is 15.3 Å². The molecule has 1 heterocycles. The summed E-state index contributed by atoms with van der Waals surface area (Å²) in [6.07, 6.45) is 3.52. The second kappa shape index (κ2) is 6.54. The van der Waals surface area contributed by atoms with E-state index >= 15 is 0 Å². The van der Waals surface area contributed by atoms with Gasteiger partial charge in [-0.05, 0) is 42.3 Å². The van der Waals surface area contributed by atoms with Gasteiger partial charge in [-0.1, -0.05) is 54.6 Å². The molecule has 3 aromatic rings. The van der Waals surface area contributed by atoms with Crippen molar-refractivity contribution in [3.63, 3.8) is 0 Å². The molecule has 0 fully saturated rings. The molecule has 2 heteroatoms. The molecule has 0 unspecified atom stereocenters. The first kappa shape index (κ1) is 14.5. The number of hydrogen-bond acceptors (Lipinski definition) is 2. The molecule has 0 spiro atoms. The van der Waals surface area contributed by atoms with E-state index in [2.05, 4.69) is 25.1 Å². The van der Waals surface area contributed by atoms with Crippen molar-refractivity contribution in [1.29, 1.82) is 0 Å². The average molecular weight is 304 g/mol. The zero-order valence-electron chi connectivity index (χ0n) is 12.3. The van der Waals surface area contributed by atoms with E-state index in [1.807, 2.05) is 54.6 Å². The third-order valence-corrected chi connectivity index (χ3v) is 4.40. The molecule has 0 radical (unpaired) electrons. The Bertz CT molecular complexity index is 795. The summed E-state index contributed by atoms with van der Waals surface area (Å²) < 4.78 is 0. The number of carbonyl (C=O) groups is 1. The van der Waals surface area contributed by atoms with Gasteiger partial charge in [0.15, 0.2) is 5.78 Å². The molecule has 0 aliphatic heterocycles. The fraction of sp³-hybridized carbons (Fsp3) is 0.0500. The minimum absolute atomic E-state index is 0.0330. The predicted molar refractivity (Wildman–Crippen MR) is 94.3 cm³/mol. The number of carbonyl (C=O) groups excluding carboxylic acids is 1. The van der Waals surface area contributed by atoms with E-state index in [1.54, 1.807) is 17.4 Å². The lowest BCUT2D eigenvalue weighted by Crippen LogP contribution is -1.93. The normalized spacial score (nSPS) is 11.0. The van der Waals surface area contributed by atoms with Crippen LogP contribution in [0, 0.1) is 6.92 Å². The Morgan fingerprint density at radius 3 is 2.18 bits per heavy atom. The Balaban J connectivity index is 1.75. The van der Waals surface area contributed by atoms with Crippen LogP contribution in [-0.4, -0.2) is 5.78 Å². The lowest BCUT2D eigenvalue weighted by atomic mass is 10.0. The van der Waals surface area contributed by atoms with Crippen LogP contribution in [0.2, 0.25) is 0 Å². The SMILES string of the molecule is Cc1ccc(/C=C/C(=O)c2ccc(-c3ccccc3)cc2)s1. The summed E-state index contributed by atoms with van der Waals surface area (Å²) in [4.78, 5) is 14.5. The summed E-state index contributed by atoms with van der Waals surface area (Å²) in [5.74, 6) is 0.0330. The van der Waals surface area contributed by atoms with Crippen molar-refractivity contribution in [1.82, 2.24) is 0 Å². The van der Waals surface area contributed by atoms with E-state index < -0.39 is 0 Å². The fourth-order valence-electron chi connectivity index (χ4n) is 2.25. The van der Waals surface area contributed by atoms with Gasteiger partial charge in [-0.3, -0.25) is 4.79 Å². The average Bonchev–Trinajstić information content (AvgIpc) is 2.99. The summed E-state index contributed by atoms with van der Waals surface area (Å²) >= 11 is 1.69. The number of aryl methyl sites for hydroxylation is 1. The maximum Gasteiger partial charge on any atom is 0.185 e. The molecule has 0 bridgehead atoms. The number of allylic oxidation sites excluding steroid dienone is 1. The van der Waals surface area contributed by atoms with Gasteiger partial charge in [0.05, 0.1) is 0 Å². The molecule has 1 aromatic heterocycles. The molecule has 0 amide bonds. The molecule has 0 atom stereocenters. The van der Waals surface area contributed by atoms with E-state index in [9.17, 15) is 4.79 Å². The first-order valence-corrected chi connectivity index (χ1v) is 7.98. The van der Waals surface area contributed by atoms with Gasteiger partial charge in [-0.2, -0.15) is 0 Å². The monoisotopic (exact) mass is 304 g/mol. The van der Waals surface area contributed by atoms with Crippen LogP contribution in [-0.2, 0) is 0 Å². The van der Waals surface area contributed by atoms with Crippen LogP contribution in [0.4, 0.5) is 0 Å². The Labute approximate surface area is 134 Å². The molecule has 108 valence electrons. The van der Waals surface area contributed by atoms with E-state index in [0.717, 1.165) is 16.0 Å². The summed E-state index contributed by atoms with van der Waals surface area (Å²) in [6.45, 7) is 2.06. The molecule has 0 aliphatic carbocycles. The highest BCUT2D eigenvalue weighted by Gasteiger charge is 2.03. The van der Waals surface area contributed by atoms with Crippen LogP contribution in [0.1, 0.15) is 20.1 Å². The fourth-order valence-corrected chi connectivity index (χ4v) is 3.03. The smallest absolute Gasteiger partial charge is 0.185 e. The molecule has 0 saturated heterocycles. The van der Waals surface area contributed by atoms with Gasteiger partial charge in [-0.15, -0.1) is 11.3 Å². The van der Waals surface area contributed by atoms with Crippen molar-refractivity contribution in [2.45, 2.75) is 6.92 Å². The van der Waals surface area contributed by atoms with Gasteiger partial charge in [-0.25, -0.2) is 0 Å². The Morgan fingerprint density at radius 1 is 0.864 bits per heavy atom. The molecule has 22 heavy (non-hydrogen) atoms. The van der Waals surface area contributed by atoms with Gasteiger partial charge >= 0.3 is 0 Å². The predicted octanol–water partition coefficient (Wildman–Crippen LogP) is 5.62. The molecule has 3 rings (SSSR count). The number of thiophene rings is 1. The highest BCUT2D eigenvalue weighted by Crippen LogP contribution is 2.20. The van der Waals surface area contributed by atoms with Gasteiger partial charge < -0.3 is 0 Å². The lowest BCUT2D eigenvalue weighted by molar-refractivity contribution is 0.104. The number of ketones is 1.